The van der Waals surface area contributed by atoms with Gasteiger partial charge in [0.25, 0.3) is 0 Å². The fourth-order valence-corrected chi connectivity index (χ4v) is 21.4. The third-order valence-corrected chi connectivity index (χ3v) is 31.1. The molecule has 3 atom stereocenters. The summed E-state index contributed by atoms with van der Waals surface area (Å²) in [7, 11) is 11.6. The molecule has 10 aromatic rings. The number of thiophene rings is 5. The number of carboxylic acids is 1. The van der Waals surface area contributed by atoms with E-state index >= 15 is 0 Å². The highest BCUT2D eigenvalue weighted by Crippen LogP contribution is 2.51. The van der Waals surface area contributed by atoms with Gasteiger partial charge in [-0.1, -0.05) is 130 Å². The van der Waals surface area contributed by atoms with E-state index in [0.717, 1.165) is 193 Å². The van der Waals surface area contributed by atoms with E-state index in [2.05, 4.69) is 176 Å². The molecule has 0 spiro atoms. The molecular formula is C104H138BBrN10O13S5. The summed E-state index contributed by atoms with van der Waals surface area (Å²) in [6, 6.07) is 20.2. The van der Waals surface area contributed by atoms with Gasteiger partial charge in [-0.25, -0.2) is 14.4 Å². The first-order valence-corrected chi connectivity index (χ1v) is 51.3. The van der Waals surface area contributed by atoms with Crippen LogP contribution in [0.3, 0.4) is 0 Å². The summed E-state index contributed by atoms with van der Waals surface area (Å²) in [5.74, 6) is -2.06. The Morgan fingerprint density at radius 3 is 1.01 bits per heavy atom. The highest BCUT2D eigenvalue weighted by atomic mass is 79.9. The van der Waals surface area contributed by atoms with Crippen molar-refractivity contribution < 1.29 is 62.4 Å². The lowest BCUT2D eigenvalue weighted by molar-refractivity contribution is -0.165. The summed E-state index contributed by atoms with van der Waals surface area (Å²) in [6.45, 7) is 42.8. The molecule has 1 fully saturated rings. The van der Waals surface area contributed by atoms with Crippen molar-refractivity contribution in [3.63, 3.8) is 0 Å². The van der Waals surface area contributed by atoms with E-state index in [1.54, 1.807) is 94.2 Å². The van der Waals surface area contributed by atoms with Gasteiger partial charge in [-0.3, -0.25) is 33.0 Å². The molecule has 134 heavy (non-hydrogen) atoms. The molecule has 16 rings (SSSR count). The van der Waals surface area contributed by atoms with Crippen molar-refractivity contribution in [3.8, 4) is 52.9 Å². The summed E-state index contributed by atoms with van der Waals surface area (Å²) < 4.78 is 43.3. The van der Waals surface area contributed by atoms with Crippen LogP contribution < -0.4 is 0 Å². The lowest BCUT2D eigenvalue weighted by Gasteiger charge is -2.32. The number of rotatable bonds is 20. The first-order valence-electron chi connectivity index (χ1n) is 46.1. The number of aromatic nitrogens is 10. The van der Waals surface area contributed by atoms with Crippen molar-refractivity contribution in [3.05, 3.63) is 179 Å². The molecule has 10 aromatic heterocycles. The number of halogens is 1. The minimum Gasteiger partial charge on any atom is -0.479 e. The van der Waals surface area contributed by atoms with Crippen molar-refractivity contribution in [1.29, 1.82) is 0 Å². The van der Waals surface area contributed by atoms with Crippen LogP contribution in [0.1, 0.15) is 313 Å². The van der Waals surface area contributed by atoms with Crippen LogP contribution in [0, 0.1) is 27.1 Å². The van der Waals surface area contributed by atoms with Crippen molar-refractivity contribution in [2.45, 2.75) is 276 Å². The van der Waals surface area contributed by atoms with Crippen LogP contribution in [0.2, 0.25) is 0 Å². The van der Waals surface area contributed by atoms with Crippen molar-refractivity contribution in [2.75, 3.05) is 14.2 Å². The Bertz CT molecular complexity index is 5890. The largest absolute Gasteiger partial charge is 0.490 e. The molecule has 2 N–H and O–H groups in total. The monoisotopic (exact) mass is 1980 g/mol. The molecule has 30 heteroatoms. The Hall–Kier alpha value is -8.66. The predicted molar refractivity (Wildman–Crippen MR) is 549 cm³/mol. The molecule has 6 aliphatic rings. The molecule has 0 radical (unpaired) electrons. The van der Waals surface area contributed by atoms with Gasteiger partial charge in [0.1, 0.15) is 39.9 Å². The second kappa shape index (κ2) is 43.2. The molecule has 1 saturated heterocycles. The maximum atomic E-state index is 12.8. The average Bonchev–Trinajstić information content (AvgIpc) is 1.61. The van der Waals surface area contributed by atoms with Gasteiger partial charge in [0.15, 0.2) is 30.9 Å². The number of aliphatic hydroxyl groups is 1. The molecule has 3 unspecified atom stereocenters. The number of hydrogen-bond acceptors (Lipinski definition) is 22. The van der Waals surface area contributed by atoms with E-state index in [1.165, 1.54) is 42.8 Å². The van der Waals surface area contributed by atoms with E-state index in [4.69, 9.17) is 38.5 Å². The first-order chi connectivity index (χ1) is 62.7. The van der Waals surface area contributed by atoms with Crippen molar-refractivity contribution in [1.82, 2.24) is 48.9 Å². The number of allylic oxidation sites excluding steroid dienone is 10. The van der Waals surface area contributed by atoms with Crippen LogP contribution in [-0.2, 0) is 77.9 Å². The zero-order valence-corrected chi connectivity index (χ0v) is 89.1. The molecule has 11 heterocycles. The molecule has 0 saturated carbocycles. The minimum atomic E-state index is -1.35. The number of aryl methyl sites for hydroxylation is 5. The number of hydrogen-bond donors (Lipinski definition) is 2. The zero-order chi connectivity index (χ0) is 98.3. The lowest BCUT2D eigenvalue weighted by Crippen LogP contribution is -2.41. The summed E-state index contributed by atoms with van der Waals surface area (Å²) >= 11 is 11.5. The van der Waals surface area contributed by atoms with E-state index in [0.29, 0.717) is 39.0 Å². The molecule has 5 aliphatic carbocycles. The Balaban J connectivity index is 0.000000157. The normalized spacial score (nSPS) is 18.6. The van der Waals surface area contributed by atoms with E-state index in [-0.39, 0.29) is 29.2 Å². The molecule has 1 aliphatic heterocycles. The van der Waals surface area contributed by atoms with Crippen molar-refractivity contribution >= 4 is 133 Å². The molecule has 0 amide bonds. The van der Waals surface area contributed by atoms with Crippen LogP contribution in [0.4, 0.5) is 0 Å². The quantitative estimate of drug-likeness (QED) is 0.0408. The number of aliphatic carboxylic acids is 1. The van der Waals surface area contributed by atoms with Crippen LogP contribution >= 0.6 is 72.6 Å². The maximum Gasteiger partial charge on any atom is 0.490 e. The smallest absolute Gasteiger partial charge is 0.479 e. The third-order valence-electron chi connectivity index (χ3n) is 25.9. The summed E-state index contributed by atoms with van der Waals surface area (Å²) in [5.41, 5.74) is 17.6. The van der Waals surface area contributed by atoms with Gasteiger partial charge in [0.2, 0.25) is 0 Å². The molecule has 722 valence electrons. The highest BCUT2D eigenvalue weighted by Gasteiger charge is 2.53. The second-order valence-electron chi connectivity index (χ2n) is 42.4. The SMILES string of the molecule is CC1(C)CC=C(B2OC(C)(C)C(C)(C)O2)CC1.COC(=O)C(O)c1c(C2=CCC(C)(C)CC2)c(-c2cccs2)nn1C.COC(=O)C(OC(C)(C)C)c1c(C2=CCC(C)(C)CC2)c(-c2cccs2)nn1C.Cn1nc(-c2cccs2)c(Br)c1C=O.Cn1nc(-c2cccs2)c(C2=CCC(C)(C)CC2)c1C(OC(C)(C)C)C(=O)O.Cn1nc(-c2cccs2)c(C2=CCC(C)(C)CC2)c1C=O. The number of nitrogens with zero attached hydrogens (tertiary/aromatic N) is 10. The van der Waals surface area contributed by atoms with Gasteiger partial charge in [0, 0.05) is 57.5 Å². The van der Waals surface area contributed by atoms with Gasteiger partial charge in [-0.2, -0.15) is 25.5 Å². The molecule has 23 nitrogen and oxygen atoms in total. The number of esters is 2. The number of carboxylic acid groups (broad SMARTS) is 1. The number of aldehydes is 2. The number of aliphatic hydroxyl groups excluding tert-OH is 1. The second-order valence-corrected chi connectivity index (χ2v) is 47.9. The van der Waals surface area contributed by atoms with Gasteiger partial charge in [-0.05, 0) is 294 Å². The van der Waals surface area contributed by atoms with E-state index in [1.807, 2.05) is 133 Å². The minimum absolute atomic E-state index is 0.129. The topological polar surface area (TPSA) is 270 Å². The number of carbonyl (C=O) groups is 5. The van der Waals surface area contributed by atoms with Crippen molar-refractivity contribution in [2.24, 2.45) is 62.3 Å². The Morgan fingerprint density at radius 1 is 0.425 bits per heavy atom. The molecule has 0 bridgehead atoms. The van der Waals surface area contributed by atoms with E-state index in [9.17, 15) is 34.2 Å². The van der Waals surface area contributed by atoms with E-state index < -0.39 is 47.4 Å². The van der Waals surface area contributed by atoms with Gasteiger partial charge in [-0.15, -0.1) is 56.7 Å². The first kappa shape index (κ1) is 106. The summed E-state index contributed by atoms with van der Waals surface area (Å²) in [4.78, 5) is 64.5. The lowest BCUT2D eigenvalue weighted by atomic mass is 9.67. The number of methoxy groups -OCH3 is 2. The Morgan fingerprint density at radius 2 is 0.716 bits per heavy atom. The standard InChI is InChI=1S/C23H32N2O3S.C22H30N2O3S.C19H24N2O3S.C17H20N2OS.C14H25BO2.C9H7BrN2OS/c1-22(2,3)28-20(21(26)27-7)19-17(15-10-12-23(4,5)13-11-15)18(24-25(19)6)16-9-8-14-29-16;1-21(2,3)27-19(20(25)26)18-16(14-9-11-22(4,5)12-10-14)17(23-24(18)6)15-8-7-13-28-15;1-19(2)9-7-12(8-10-19)14-15(13-6-5-11-25-13)20-21(3)16(14)17(22)18(23)24-4;1-17(2)8-6-12(7-9-17)15-13(11-20)19(3)18-16(15)14-5-4-10-21-14;1-12(2)9-7-11(8-10-12)15-16-13(3,4)14(5,6)17-15;1-12-6(5-13)8(10)9(11-12)7-3-2-4-14-7/h8-10,14,20H,11-13H2,1-7H3;7-9,13,19H,10-12H2,1-6H3,(H,25,26);5-7,11,17,22H,8-10H2,1-4H3;4-6,10-11H,7-9H2,1-3H3;7H,8-10H2,1-6H3;2-5H,1H3. The molecular weight excluding hydrogens is 1850 g/mol. The summed E-state index contributed by atoms with van der Waals surface area (Å²) in [5, 5.41) is 53.7. The maximum absolute atomic E-state index is 12.8. The third kappa shape index (κ3) is 25.8. The highest BCUT2D eigenvalue weighted by molar-refractivity contribution is 9.10. The van der Waals surface area contributed by atoms with Crippen LogP contribution in [0.5, 0.6) is 0 Å². The van der Waals surface area contributed by atoms with Gasteiger partial charge >= 0.3 is 25.0 Å². The summed E-state index contributed by atoms with van der Waals surface area (Å²) in [6.07, 6.45) is 25.5. The zero-order valence-electron chi connectivity index (χ0n) is 83.4. The number of ether oxygens (including phenoxy) is 4. The van der Waals surface area contributed by atoms with Crippen LogP contribution in [0.25, 0.3) is 75.1 Å². The Kier molecular flexibility index (Phi) is 34.1. The van der Waals surface area contributed by atoms with Crippen LogP contribution in [-0.4, -0.2) is 133 Å². The Labute approximate surface area is 821 Å². The van der Waals surface area contributed by atoms with Gasteiger partial charge in [0.05, 0.1) is 82.6 Å². The predicted octanol–water partition coefficient (Wildman–Crippen LogP) is 26.4. The fraction of sp³-hybridized carbons (Fsp3) is 0.519. The molecule has 0 aromatic carbocycles. The number of carbonyl (C=O) groups excluding carboxylic acids is 4. The average molecular weight is 1990 g/mol. The van der Waals surface area contributed by atoms with Crippen LogP contribution in [0.15, 0.2) is 128 Å². The fourth-order valence-electron chi connectivity index (χ4n) is 17.0. The van der Waals surface area contributed by atoms with Gasteiger partial charge < -0.3 is 38.5 Å².